The van der Waals surface area contributed by atoms with Gasteiger partial charge in [0.2, 0.25) is 0 Å². The molecule has 0 N–H and O–H groups in total. The summed E-state index contributed by atoms with van der Waals surface area (Å²) >= 11 is 0. The Morgan fingerprint density at radius 2 is 0.875 bits per heavy atom. The molecule has 0 heterocycles. The molecule has 6 aromatic rings. The molecule has 0 nitrogen and oxygen atoms in total. The molecule has 0 radical (unpaired) electrons. The third-order valence-corrected chi connectivity index (χ3v) is 5.83. The van der Waals surface area contributed by atoms with Crippen molar-refractivity contribution in [3.05, 3.63) is 109 Å². The molecule has 0 aliphatic carbocycles. The second kappa shape index (κ2) is 11.3. The molecule has 32 heavy (non-hydrogen) atoms. The van der Waals surface area contributed by atoms with Crippen LogP contribution < -0.4 is 24.8 Å². The van der Waals surface area contributed by atoms with E-state index in [1.165, 1.54) is 48.7 Å². The third-order valence-electron chi connectivity index (χ3n) is 5.83. The molecule has 0 unspecified atom stereocenters. The van der Waals surface area contributed by atoms with Crippen LogP contribution in [0.25, 0.3) is 43.1 Å². The van der Waals surface area contributed by atoms with Crippen LogP contribution in [0.4, 0.5) is 0 Å². The number of halogens is 2. The molecule has 0 aromatic heterocycles. The minimum atomic E-state index is 0. The van der Waals surface area contributed by atoms with E-state index >= 15 is 0 Å². The molecule has 0 aliphatic rings. The third kappa shape index (κ3) is 5.01. The average molecular weight is 622 g/mol. The Morgan fingerprint density at radius 1 is 0.500 bits per heavy atom. The Hall–Kier alpha value is -1.93. The molecule has 0 aliphatic heterocycles. The van der Waals surface area contributed by atoms with Crippen molar-refractivity contribution >= 4 is 43.1 Å². The molecule has 6 aromatic carbocycles. The quantitative estimate of drug-likeness (QED) is 0.196. The topological polar surface area (TPSA) is 0 Å². The predicted molar refractivity (Wildman–Crippen MR) is 128 cm³/mol. The Kier molecular flexibility index (Phi) is 9.28. The van der Waals surface area contributed by atoms with Gasteiger partial charge in [0.25, 0.3) is 0 Å². The normalized spacial score (nSPS) is 10.3. The molecule has 0 amide bonds. The van der Waals surface area contributed by atoms with Gasteiger partial charge in [0.05, 0.1) is 0 Å². The van der Waals surface area contributed by atoms with Crippen molar-refractivity contribution in [1.82, 2.24) is 0 Å². The summed E-state index contributed by atoms with van der Waals surface area (Å²) in [6, 6.07) is 37.0. The van der Waals surface area contributed by atoms with Crippen LogP contribution in [-0.4, -0.2) is 0 Å². The standard InChI is InChI=1S/C16H15.C13H9.2ClH.Hf/c1-11(2)12-7-8-16-14(9-12)10-13-5-3-4-6-15(13)16;1-3-7-12-10(5-1)9-11-6-2-4-8-13(11)12;;;/h3-11H,1-2H3;1-9H;2*1H;/q2*-1;;;+4/p-2. The second-order valence-electron chi connectivity index (χ2n) is 8.05. The van der Waals surface area contributed by atoms with Crippen LogP contribution in [0.2, 0.25) is 0 Å². The van der Waals surface area contributed by atoms with Gasteiger partial charge in [-0.2, -0.15) is 0 Å². The van der Waals surface area contributed by atoms with E-state index in [1.54, 1.807) is 0 Å². The summed E-state index contributed by atoms with van der Waals surface area (Å²) in [6.45, 7) is 4.48. The molecule has 0 saturated heterocycles. The number of hydrogen-bond acceptors (Lipinski definition) is 0. The van der Waals surface area contributed by atoms with E-state index in [9.17, 15) is 0 Å². The predicted octanol–water partition coefficient (Wildman–Crippen LogP) is 2.55. The fourth-order valence-electron chi connectivity index (χ4n) is 4.24. The summed E-state index contributed by atoms with van der Waals surface area (Å²) in [4.78, 5) is 0. The van der Waals surface area contributed by atoms with E-state index in [-0.39, 0.29) is 50.7 Å². The fourth-order valence-corrected chi connectivity index (χ4v) is 4.24. The van der Waals surface area contributed by atoms with Gasteiger partial charge < -0.3 is 24.8 Å². The van der Waals surface area contributed by atoms with Crippen LogP contribution in [0.5, 0.6) is 0 Å². The van der Waals surface area contributed by atoms with Gasteiger partial charge in [-0.15, -0.1) is 79.5 Å². The van der Waals surface area contributed by atoms with E-state index in [0.717, 1.165) is 0 Å². The van der Waals surface area contributed by atoms with Crippen molar-refractivity contribution in [3.8, 4) is 0 Å². The summed E-state index contributed by atoms with van der Waals surface area (Å²) in [5.74, 6) is 0.599. The Labute approximate surface area is 221 Å². The first-order chi connectivity index (χ1) is 14.2. The molecule has 158 valence electrons. The van der Waals surface area contributed by atoms with Gasteiger partial charge in [-0.05, 0) is 5.92 Å². The van der Waals surface area contributed by atoms with Gasteiger partial charge in [-0.25, -0.2) is 0 Å². The maximum absolute atomic E-state index is 2.32. The number of rotatable bonds is 1. The Bertz CT molecular complexity index is 1390. The molecule has 0 fully saturated rings. The van der Waals surface area contributed by atoms with Crippen LogP contribution in [0.15, 0.2) is 103 Å². The van der Waals surface area contributed by atoms with Crippen molar-refractivity contribution in [2.24, 2.45) is 0 Å². The molecule has 6 rings (SSSR count). The van der Waals surface area contributed by atoms with Gasteiger partial charge in [0, 0.05) is 0 Å². The molecule has 0 bridgehead atoms. The second-order valence-corrected chi connectivity index (χ2v) is 8.05. The molecule has 0 spiro atoms. The zero-order chi connectivity index (χ0) is 19.8. The van der Waals surface area contributed by atoms with Crippen molar-refractivity contribution < 1.29 is 50.7 Å². The largest absolute Gasteiger partial charge is 4.00 e. The summed E-state index contributed by atoms with van der Waals surface area (Å²) in [5, 5.41) is 10.8. The fraction of sp³-hybridized carbons (Fsp3) is 0.103. The summed E-state index contributed by atoms with van der Waals surface area (Å²) in [6.07, 6.45) is 0. The summed E-state index contributed by atoms with van der Waals surface area (Å²) < 4.78 is 0. The van der Waals surface area contributed by atoms with Crippen LogP contribution in [0.1, 0.15) is 25.3 Å². The minimum Gasteiger partial charge on any atom is -1.00 e. The van der Waals surface area contributed by atoms with E-state index < -0.39 is 0 Å². The monoisotopic (exact) mass is 622 g/mol. The van der Waals surface area contributed by atoms with E-state index in [2.05, 4.69) is 117 Å². The number of benzene rings is 4. The zero-order valence-electron chi connectivity index (χ0n) is 18.1. The van der Waals surface area contributed by atoms with Gasteiger partial charge in [-0.3, -0.25) is 0 Å². The molecular formula is C29H24Cl2Hf. The SMILES string of the molecule is CC(C)c1ccc2c(c1)[cH-]c1ccccc12.[Cl-].[Cl-].[Hf+4].c1ccc2c(c1)[cH-]c1ccccc12. The number of fused-ring (bicyclic) bond motifs is 6. The van der Waals surface area contributed by atoms with Crippen LogP contribution in [0.3, 0.4) is 0 Å². The van der Waals surface area contributed by atoms with Crippen LogP contribution in [-0.2, 0) is 25.8 Å². The van der Waals surface area contributed by atoms with Gasteiger partial charge in [0.1, 0.15) is 0 Å². The maximum Gasteiger partial charge on any atom is 4.00 e. The van der Waals surface area contributed by atoms with Crippen molar-refractivity contribution in [1.29, 1.82) is 0 Å². The van der Waals surface area contributed by atoms with Crippen molar-refractivity contribution in [2.75, 3.05) is 0 Å². The summed E-state index contributed by atoms with van der Waals surface area (Å²) in [5.41, 5.74) is 1.42. The van der Waals surface area contributed by atoms with E-state index in [1.807, 2.05) is 0 Å². The molecule has 0 saturated carbocycles. The molecule has 0 atom stereocenters. The zero-order valence-corrected chi connectivity index (χ0v) is 23.3. The van der Waals surface area contributed by atoms with E-state index in [0.29, 0.717) is 5.92 Å². The minimum absolute atomic E-state index is 0. The van der Waals surface area contributed by atoms with Gasteiger partial charge >= 0.3 is 25.8 Å². The van der Waals surface area contributed by atoms with Gasteiger partial charge in [0.15, 0.2) is 0 Å². The first-order valence-electron chi connectivity index (χ1n) is 10.3. The van der Waals surface area contributed by atoms with Crippen LogP contribution >= 0.6 is 0 Å². The molecular weight excluding hydrogens is 598 g/mol. The first kappa shape index (κ1) is 26.3. The smallest absolute Gasteiger partial charge is 1.00 e. The Balaban J connectivity index is 0.000000211. The molecule has 3 heteroatoms. The first-order valence-corrected chi connectivity index (χ1v) is 10.3. The van der Waals surface area contributed by atoms with Crippen molar-refractivity contribution in [3.63, 3.8) is 0 Å². The van der Waals surface area contributed by atoms with Crippen LogP contribution in [0, 0.1) is 0 Å². The van der Waals surface area contributed by atoms with Crippen molar-refractivity contribution in [2.45, 2.75) is 19.8 Å². The van der Waals surface area contributed by atoms with E-state index in [4.69, 9.17) is 0 Å². The Morgan fingerprint density at radius 3 is 1.31 bits per heavy atom. The maximum atomic E-state index is 2.32. The summed E-state index contributed by atoms with van der Waals surface area (Å²) in [7, 11) is 0. The average Bonchev–Trinajstić information content (AvgIpc) is 3.32. The van der Waals surface area contributed by atoms with Gasteiger partial charge in [-0.1, -0.05) is 86.1 Å². The number of hydrogen-bond donors (Lipinski definition) is 0.